The molecule has 0 aliphatic carbocycles. The van der Waals surface area contributed by atoms with Crippen LogP contribution in [0.2, 0.25) is 0 Å². The van der Waals surface area contributed by atoms with Crippen molar-refractivity contribution in [2.45, 2.75) is 24.7 Å². The lowest BCUT2D eigenvalue weighted by Crippen LogP contribution is -2.43. The molecule has 4 nitrogen and oxygen atoms in total. The van der Waals surface area contributed by atoms with Crippen molar-refractivity contribution in [1.82, 2.24) is 10.2 Å². The van der Waals surface area contributed by atoms with Crippen molar-refractivity contribution >= 4 is 17.7 Å². The normalized spacial score (nSPS) is 18.3. The molecule has 1 fully saturated rings. The number of nitrogens with zero attached hydrogens (tertiary/aromatic N) is 1. The van der Waals surface area contributed by atoms with Crippen LogP contribution in [0.4, 0.5) is 0 Å². The molecule has 22 heavy (non-hydrogen) atoms. The van der Waals surface area contributed by atoms with Gasteiger partial charge >= 0.3 is 0 Å². The monoisotopic (exact) mass is 322 g/mol. The highest BCUT2D eigenvalue weighted by atomic mass is 32.2. The van der Waals surface area contributed by atoms with Crippen LogP contribution in [0.15, 0.2) is 29.2 Å². The Hall–Kier alpha value is -1.20. The van der Waals surface area contributed by atoms with E-state index >= 15 is 0 Å². The molecule has 0 spiro atoms. The number of carbonyl (C=O) groups is 1. The Balaban J connectivity index is 1.79. The number of hydrogen-bond donors (Lipinski definition) is 1. The minimum atomic E-state index is 0.250. The molecule has 1 atom stereocenters. The summed E-state index contributed by atoms with van der Waals surface area (Å²) in [6.07, 6.45) is 2.34. The van der Waals surface area contributed by atoms with Gasteiger partial charge in [0.15, 0.2) is 0 Å². The van der Waals surface area contributed by atoms with Crippen LogP contribution >= 0.6 is 11.8 Å². The SMILES string of the molecule is CCOc1ccc(SCC(=O)N2CCCC(CNC)C2)cc1. The second-order valence-electron chi connectivity index (χ2n) is 5.60. The predicted octanol–water partition coefficient (Wildman–Crippen LogP) is 2.64. The first-order chi connectivity index (χ1) is 10.7. The maximum absolute atomic E-state index is 12.4. The van der Waals surface area contributed by atoms with Crippen molar-refractivity contribution in [1.29, 1.82) is 0 Å². The summed E-state index contributed by atoms with van der Waals surface area (Å²) in [6.45, 7) is 5.44. The zero-order valence-corrected chi connectivity index (χ0v) is 14.3. The van der Waals surface area contributed by atoms with E-state index in [1.165, 1.54) is 6.42 Å². The third-order valence-corrected chi connectivity index (χ3v) is 4.86. The first kappa shape index (κ1) is 17.2. The average Bonchev–Trinajstić information content (AvgIpc) is 2.55. The lowest BCUT2D eigenvalue weighted by atomic mass is 9.98. The van der Waals surface area contributed by atoms with E-state index in [9.17, 15) is 4.79 Å². The van der Waals surface area contributed by atoms with Crippen LogP contribution in [0.3, 0.4) is 0 Å². The Morgan fingerprint density at radius 1 is 1.41 bits per heavy atom. The van der Waals surface area contributed by atoms with Gasteiger partial charge in [0.25, 0.3) is 0 Å². The molecule has 1 heterocycles. The number of amides is 1. The highest BCUT2D eigenvalue weighted by Crippen LogP contribution is 2.23. The van der Waals surface area contributed by atoms with Gasteiger partial charge < -0.3 is 15.0 Å². The van der Waals surface area contributed by atoms with Crippen LogP contribution in [-0.2, 0) is 4.79 Å². The highest BCUT2D eigenvalue weighted by Gasteiger charge is 2.22. The van der Waals surface area contributed by atoms with E-state index in [4.69, 9.17) is 4.74 Å². The molecule has 0 aromatic heterocycles. The number of likely N-dealkylation sites (tertiary alicyclic amines) is 1. The molecule has 5 heteroatoms. The summed E-state index contributed by atoms with van der Waals surface area (Å²) in [7, 11) is 1.97. The Bertz CT molecular complexity index is 462. The average molecular weight is 322 g/mol. The van der Waals surface area contributed by atoms with Crippen molar-refractivity contribution in [3.63, 3.8) is 0 Å². The highest BCUT2D eigenvalue weighted by molar-refractivity contribution is 8.00. The largest absolute Gasteiger partial charge is 0.494 e. The molecular formula is C17H26N2O2S. The van der Waals surface area contributed by atoms with Gasteiger partial charge in [-0.2, -0.15) is 0 Å². The molecule has 122 valence electrons. The lowest BCUT2D eigenvalue weighted by molar-refractivity contribution is -0.130. The summed E-state index contributed by atoms with van der Waals surface area (Å²) in [5, 5.41) is 3.22. The summed E-state index contributed by atoms with van der Waals surface area (Å²) in [6, 6.07) is 7.95. The van der Waals surface area contributed by atoms with Crippen LogP contribution in [0.25, 0.3) is 0 Å². The maximum Gasteiger partial charge on any atom is 0.232 e. The number of benzene rings is 1. The molecule has 1 N–H and O–H groups in total. The van der Waals surface area contributed by atoms with Crippen molar-refractivity contribution < 1.29 is 9.53 Å². The summed E-state index contributed by atoms with van der Waals surface area (Å²) in [4.78, 5) is 15.5. The number of piperidine rings is 1. The second-order valence-corrected chi connectivity index (χ2v) is 6.65. The van der Waals surface area contributed by atoms with Gasteiger partial charge in [-0.15, -0.1) is 11.8 Å². The fraction of sp³-hybridized carbons (Fsp3) is 0.588. The van der Waals surface area contributed by atoms with E-state index in [-0.39, 0.29) is 5.91 Å². The van der Waals surface area contributed by atoms with E-state index in [1.54, 1.807) is 11.8 Å². The molecule has 0 bridgehead atoms. The molecule has 2 rings (SSSR count). The first-order valence-corrected chi connectivity index (χ1v) is 8.99. The minimum absolute atomic E-state index is 0.250. The Labute approximate surface area is 137 Å². The van der Waals surface area contributed by atoms with E-state index in [2.05, 4.69) is 5.32 Å². The van der Waals surface area contributed by atoms with Gasteiger partial charge in [-0.25, -0.2) is 0 Å². The molecule has 0 saturated carbocycles. The molecule has 1 unspecified atom stereocenters. The zero-order valence-electron chi connectivity index (χ0n) is 13.5. The van der Waals surface area contributed by atoms with Gasteiger partial charge in [-0.1, -0.05) is 0 Å². The van der Waals surface area contributed by atoms with Crippen molar-refractivity contribution in [3.8, 4) is 5.75 Å². The fourth-order valence-electron chi connectivity index (χ4n) is 2.78. The molecule has 0 radical (unpaired) electrons. The molecule has 1 aliphatic rings. The fourth-order valence-corrected chi connectivity index (χ4v) is 3.58. The summed E-state index contributed by atoms with van der Waals surface area (Å²) in [5.41, 5.74) is 0. The second kappa shape index (κ2) is 9.06. The van der Waals surface area contributed by atoms with Gasteiger partial charge in [0, 0.05) is 18.0 Å². The van der Waals surface area contributed by atoms with E-state index < -0.39 is 0 Å². The van der Waals surface area contributed by atoms with Crippen LogP contribution < -0.4 is 10.1 Å². The Kier molecular flexibility index (Phi) is 7.06. The van der Waals surface area contributed by atoms with Crippen molar-refractivity contribution in [2.24, 2.45) is 5.92 Å². The summed E-state index contributed by atoms with van der Waals surface area (Å²) in [5.74, 6) is 2.24. The van der Waals surface area contributed by atoms with E-state index in [0.717, 1.165) is 36.7 Å². The van der Waals surface area contributed by atoms with Gasteiger partial charge in [0.05, 0.1) is 12.4 Å². The lowest BCUT2D eigenvalue weighted by Gasteiger charge is -2.32. The van der Waals surface area contributed by atoms with Gasteiger partial charge in [0.2, 0.25) is 5.91 Å². The quantitative estimate of drug-likeness (QED) is 0.784. The number of nitrogens with one attached hydrogen (secondary N) is 1. The van der Waals surface area contributed by atoms with Crippen LogP contribution in [0, 0.1) is 5.92 Å². The molecule has 1 saturated heterocycles. The maximum atomic E-state index is 12.4. The summed E-state index contributed by atoms with van der Waals surface area (Å²) < 4.78 is 5.43. The van der Waals surface area contributed by atoms with Crippen LogP contribution in [0.1, 0.15) is 19.8 Å². The molecule has 1 amide bonds. The number of thioether (sulfide) groups is 1. The van der Waals surface area contributed by atoms with Gasteiger partial charge in [-0.05, 0) is 63.5 Å². The molecule has 1 aromatic carbocycles. The molecule has 1 aromatic rings. The predicted molar refractivity (Wildman–Crippen MR) is 91.6 cm³/mol. The zero-order chi connectivity index (χ0) is 15.8. The van der Waals surface area contributed by atoms with Crippen molar-refractivity contribution in [3.05, 3.63) is 24.3 Å². The standard InChI is InChI=1S/C17H26N2O2S/c1-3-21-15-6-8-16(9-7-15)22-13-17(20)19-10-4-5-14(12-19)11-18-2/h6-9,14,18H,3-5,10-13H2,1-2H3. The van der Waals surface area contributed by atoms with E-state index in [1.807, 2.05) is 43.1 Å². The third-order valence-electron chi connectivity index (χ3n) is 3.86. The Morgan fingerprint density at radius 3 is 2.86 bits per heavy atom. The third kappa shape index (κ3) is 5.21. The Morgan fingerprint density at radius 2 is 2.18 bits per heavy atom. The number of carbonyl (C=O) groups excluding carboxylic acids is 1. The number of rotatable bonds is 7. The topological polar surface area (TPSA) is 41.6 Å². The van der Waals surface area contributed by atoms with Crippen LogP contribution in [0.5, 0.6) is 5.75 Å². The van der Waals surface area contributed by atoms with Crippen LogP contribution in [-0.4, -0.2) is 49.8 Å². The smallest absolute Gasteiger partial charge is 0.232 e. The molecule has 1 aliphatic heterocycles. The van der Waals surface area contributed by atoms with Gasteiger partial charge in [0.1, 0.15) is 5.75 Å². The number of ether oxygens (including phenoxy) is 1. The minimum Gasteiger partial charge on any atom is -0.494 e. The van der Waals surface area contributed by atoms with E-state index in [0.29, 0.717) is 18.3 Å². The molecular weight excluding hydrogens is 296 g/mol. The summed E-state index contributed by atoms with van der Waals surface area (Å²) >= 11 is 1.60. The number of hydrogen-bond acceptors (Lipinski definition) is 4. The van der Waals surface area contributed by atoms with Gasteiger partial charge in [-0.3, -0.25) is 4.79 Å². The first-order valence-electron chi connectivity index (χ1n) is 8.01. The van der Waals surface area contributed by atoms with Crippen molar-refractivity contribution in [2.75, 3.05) is 39.0 Å².